The van der Waals surface area contributed by atoms with Crippen LogP contribution >= 0.6 is 11.3 Å². The number of fused-ring (bicyclic) bond motifs is 1. The highest BCUT2D eigenvalue weighted by Crippen LogP contribution is 2.37. The third-order valence-corrected chi connectivity index (χ3v) is 5.86. The summed E-state index contributed by atoms with van der Waals surface area (Å²) in [7, 11) is 0. The van der Waals surface area contributed by atoms with Crippen molar-refractivity contribution in [2.24, 2.45) is 11.8 Å². The number of carbonyl (C=O) groups excluding carboxylic acids is 3. The molecule has 2 fully saturated rings. The Labute approximate surface area is 159 Å². The summed E-state index contributed by atoms with van der Waals surface area (Å²) in [5.74, 6) is -1.83. The highest BCUT2D eigenvalue weighted by molar-refractivity contribution is 7.14. The van der Waals surface area contributed by atoms with Crippen molar-refractivity contribution in [1.29, 1.82) is 0 Å². The van der Waals surface area contributed by atoms with Gasteiger partial charge in [0.2, 0.25) is 17.7 Å². The SMILES string of the molecule is O=C(CN1C(=O)C2CCCCC2C1=O)Nc1nc(-c2cccc(F)c2)cs1. The molecular formula is C19H18FN3O3S. The minimum atomic E-state index is -0.463. The number of rotatable bonds is 4. The Kier molecular flexibility index (Phi) is 4.73. The quantitative estimate of drug-likeness (QED) is 0.818. The second kappa shape index (κ2) is 7.19. The lowest BCUT2D eigenvalue weighted by Gasteiger charge is -2.19. The third kappa shape index (κ3) is 3.49. The Hall–Kier alpha value is -2.61. The highest BCUT2D eigenvalue weighted by atomic mass is 32.1. The van der Waals surface area contributed by atoms with E-state index in [-0.39, 0.29) is 36.0 Å². The Morgan fingerprint density at radius 1 is 1.22 bits per heavy atom. The zero-order chi connectivity index (χ0) is 19.0. The molecule has 1 N–H and O–H groups in total. The molecule has 1 aliphatic carbocycles. The topological polar surface area (TPSA) is 79.4 Å². The number of hydrogen-bond donors (Lipinski definition) is 1. The van der Waals surface area contributed by atoms with E-state index in [0.29, 0.717) is 16.4 Å². The molecule has 2 heterocycles. The molecule has 2 atom stereocenters. The van der Waals surface area contributed by atoms with Crippen LogP contribution in [0.15, 0.2) is 29.6 Å². The van der Waals surface area contributed by atoms with E-state index in [9.17, 15) is 18.8 Å². The van der Waals surface area contributed by atoms with Crippen molar-refractivity contribution in [3.8, 4) is 11.3 Å². The monoisotopic (exact) mass is 387 g/mol. The van der Waals surface area contributed by atoms with Crippen molar-refractivity contribution in [2.75, 3.05) is 11.9 Å². The number of benzene rings is 1. The fraction of sp³-hybridized carbons (Fsp3) is 0.368. The zero-order valence-electron chi connectivity index (χ0n) is 14.5. The number of anilines is 1. The predicted molar refractivity (Wildman–Crippen MR) is 98.3 cm³/mol. The van der Waals surface area contributed by atoms with Gasteiger partial charge in [0, 0.05) is 10.9 Å². The Morgan fingerprint density at radius 2 is 1.93 bits per heavy atom. The summed E-state index contributed by atoms with van der Waals surface area (Å²) in [6, 6.07) is 6.03. The van der Waals surface area contributed by atoms with Gasteiger partial charge in [0.25, 0.3) is 0 Å². The number of nitrogens with one attached hydrogen (secondary N) is 1. The Bertz CT molecular complexity index is 889. The van der Waals surface area contributed by atoms with Gasteiger partial charge < -0.3 is 5.32 Å². The van der Waals surface area contributed by atoms with Gasteiger partial charge in [-0.25, -0.2) is 9.37 Å². The second-order valence-electron chi connectivity index (χ2n) is 6.86. The molecular weight excluding hydrogens is 369 g/mol. The van der Waals surface area contributed by atoms with Crippen LogP contribution in [-0.4, -0.2) is 34.2 Å². The lowest BCUT2D eigenvalue weighted by Crippen LogP contribution is -2.38. The summed E-state index contributed by atoms with van der Waals surface area (Å²) in [5.41, 5.74) is 1.16. The number of imide groups is 1. The van der Waals surface area contributed by atoms with Gasteiger partial charge in [0.05, 0.1) is 17.5 Å². The van der Waals surface area contributed by atoms with Gasteiger partial charge in [-0.2, -0.15) is 0 Å². The average molecular weight is 387 g/mol. The summed E-state index contributed by atoms with van der Waals surface area (Å²) in [4.78, 5) is 42.5. The molecule has 0 radical (unpaired) electrons. The summed E-state index contributed by atoms with van der Waals surface area (Å²) in [6.45, 7) is -0.292. The van der Waals surface area contributed by atoms with Crippen molar-refractivity contribution in [3.63, 3.8) is 0 Å². The van der Waals surface area contributed by atoms with Gasteiger partial charge in [-0.15, -0.1) is 11.3 Å². The summed E-state index contributed by atoms with van der Waals surface area (Å²) in [6.07, 6.45) is 3.33. The van der Waals surface area contributed by atoms with E-state index in [2.05, 4.69) is 10.3 Å². The molecule has 1 aliphatic heterocycles. The smallest absolute Gasteiger partial charge is 0.246 e. The standard InChI is InChI=1S/C19H18FN3O3S/c20-12-5-3-4-11(8-12)15-10-27-19(21-15)22-16(24)9-23-17(25)13-6-1-2-7-14(13)18(23)26/h3-5,8,10,13-14H,1-2,6-7,9H2,(H,21,22,24). The molecule has 4 rings (SSSR count). The Balaban J connectivity index is 1.41. The molecule has 0 bridgehead atoms. The lowest BCUT2D eigenvalue weighted by molar-refractivity contribution is -0.142. The molecule has 1 saturated carbocycles. The summed E-state index contributed by atoms with van der Waals surface area (Å²) >= 11 is 1.20. The molecule has 6 nitrogen and oxygen atoms in total. The van der Waals surface area contributed by atoms with E-state index in [1.807, 2.05) is 0 Å². The van der Waals surface area contributed by atoms with Crippen LogP contribution in [0.4, 0.5) is 9.52 Å². The van der Waals surface area contributed by atoms with Crippen LogP contribution in [0.2, 0.25) is 0 Å². The number of halogens is 1. The molecule has 2 aromatic rings. The maximum Gasteiger partial charge on any atom is 0.246 e. The normalized spacial score (nSPS) is 22.0. The number of likely N-dealkylation sites (tertiary alicyclic amines) is 1. The van der Waals surface area contributed by atoms with Gasteiger partial charge in [0.15, 0.2) is 5.13 Å². The lowest BCUT2D eigenvalue weighted by atomic mass is 9.81. The second-order valence-corrected chi connectivity index (χ2v) is 7.71. The fourth-order valence-electron chi connectivity index (χ4n) is 3.80. The van der Waals surface area contributed by atoms with E-state index < -0.39 is 5.91 Å². The van der Waals surface area contributed by atoms with Crippen LogP contribution in [0.3, 0.4) is 0 Å². The van der Waals surface area contributed by atoms with Crippen LogP contribution in [0, 0.1) is 17.7 Å². The van der Waals surface area contributed by atoms with Crippen molar-refractivity contribution < 1.29 is 18.8 Å². The minimum Gasteiger partial charge on any atom is -0.300 e. The van der Waals surface area contributed by atoms with Gasteiger partial charge in [-0.3, -0.25) is 19.3 Å². The van der Waals surface area contributed by atoms with E-state index >= 15 is 0 Å². The first kappa shape index (κ1) is 17.8. The number of aromatic nitrogens is 1. The highest BCUT2D eigenvalue weighted by Gasteiger charge is 2.48. The number of hydrogen-bond acceptors (Lipinski definition) is 5. The minimum absolute atomic E-state index is 0.237. The molecule has 3 amide bonds. The van der Waals surface area contributed by atoms with Crippen LogP contribution < -0.4 is 5.32 Å². The average Bonchev–Trinajstić information content (AvgIpc) is 3.21. The molecule has 1 aromatic carbocycles. The third-order valence-electron chi connectivity index (χ3n) is 5.11. The van der Waals surface area contributed by atoms with E-state index in [1.54, 1.807) is 17.5 Å². The van der Waals surface area contributed by atoms with Gasteiger partial charge in [-0.1, -0.05) is 25.0 Å². The molecule has 27 heavy (non-hydrogen) atoms. The van der Waals surface area contributed by atoms with E-state index in [4.69, 9.17) is 0 Å². The first-order valence-corrected chi connectivity index (χ1v) is 9.77. The summed E-state index contributed by atoms with van der Waals surface area (Å²) in [5, 5.41) is 4.68. The van der Waals surface area contributed by atoms with Crippen LogP contribution in [-0.2, 0) is 14.4 Å². The maximum absolute atomic E-state index is 13.3. The van der Waals surface area contributed by atoms with Crippen molar-refractivity contribution in [1.82, 2.24) is 9.88 Å². The number of thiazole rings is 1. The molecule has 8 heteroatoms. The van der Waals surface area contributed by atoms with Gasteiger partial charge in [0.1, 0.15) is 12.4 Å². The first-order chi connectivity index (χ1) is 13.0. The summed E-state index contributed by atoms with van der Waals surface area (Å²) < 4.78 is 13.3. The van der Waals surface area contributed by atoms with Crippen molar-refractivity contribution in [2.45, 2.75) is 25.7 Å². The molecule has 1 aromatic heterocycles. The number of amides is 3. The van der Waals surface area contributed by atoms with Crippen LogP contribution in [0.5, 0.6) is 0 Å². The molecule has 1 saturated heterocycles. The zero-order valence-corrected chi connectivity index (χ0v) is 15.3. The van der Waals surface area contributed by atoms with Crippen molar-refractivity contribution in [3.05, 3.63) is 35.5 Å². The maximum atomic E-state index is 13.3. The van der Waals surface area contributed by atoms with E-state index in [1.165, 1.54) is 23.5 Å². The largest absolute Gasteiger partial charge is 0.300 e. The predicted octanol–water partition coefficient (Wildman–Crippen LogP) is 3.06. The van der Waals surface area contributed by atoms with Gasteiger partial charge >= 0.3 is 0 Å². The van der Waals surface area contributed by atoms with Crippen molar-refractivity contribution >= 4 is 34.2 Å². The Morgan fingerprint density at radius 3 is 2.59 bits per heavy atom. The first-order valence-electron chi connectivity index (χ1n) is 8.89. The molecule has 140 valence electrons. The molecule has 2 aliphatic rings. The molecule has 0 spiro atoms. The van der Waals surface area contributed by atoms with Crippen LogP contribution in [0.25, 0.3) is 11.3 Å². The van der Waals surface area contributed by atoms with Crippen LogP contribution in [0.1, 0.15) is 25.7 Å². The molecule has 2 unspecified atom stereocenters. The number of carbonyl (C=O) groups is 3. The van der Waals surface area contributed by atoms with Gasteiger partial charge in [-0.05, 0) is 25.0 Å². The van der Waals surface area contributed by atoms with E-state index in [0.717, 1.165) is 30.6 Å². The number of nitrogens with zero attached hydrogens (tertiary/aromatic N) is 2. The fourth-order valence-corrected chi connectivity index (χ4v) is 4.54.